The van der Waals surface area contributed by atoms with Crippen molar-refractivity contribution < 1.29 is 27.9 Å². The molecule has 134 valence electrons. The number of hydrazone groups is 1. The first-order chi connectivity index (χ1) is 11.8. The minimum atomic E-state index is -2.52. The predicted octanol–water partition coefficient (Wildman–Crippen LogP) is 2.14. The summed E-state index contributed by atoms with van der Waals surface area (Å²) in [5.74, 6) is -4.18. The van der Waals surface area contributed by atoms with Gasteiger partial charge in [0.05, 0.1) is 0 Å². The highest BCUT2D eigenvalue weighted by atomic mass is 32.2. The summed E-state index contributed by atoms with van der Waals surface area (Å²) in [5.41, 5.74) is 2.58. The van der Waals surface area contributed by atoms with Gasteiger partial charge in [0.2, 0.25) is 5.91 Å². The molecule has 0 unspecified atom stereocenters. The number of ether oxygens (including phenoxy) is 1. The minimum Gasteiger partial charge on any atom is -0.448 e. The Kier molecular flexibility index (Phi) is 6.45. The summed E-state index contributed by atoms with van der Waals surface area (Å²) in [6.45, 7) is 1.39. The molecule has 2 amide bonds. The summed E-state index contributed by atoms with van der Waals surface area (Å²) in [6.07, 6.45) is -0.831. The summed E-state index contributed by atoms with van der Waals surface area (Å²) < 4.78 is 29.5. The molecule has 25 heavy (non-hydrogen) atoms. The summed E-state index contributed by atoms with van der Waals surface area (Å²) in [4.78, 5) is 35.2. The zero-order valence-corrected chi connectivity index (χ0v) is 13.9. The number of carbonyl (C=O) groups excluding carboxylic acids is 3. The lowest BCUT2D eigenvalue weighted by atomic mass is 10.2. The van der Waals surface area contributed by atoms with Gasteiger partial charge in [0.1, 0.15) is 5.71 Å². The maximum absolute atomic E-state index is 12.2. The van der Waals surface area contributed by atoms with Crippen LogP contribution in [0.15, 0.2) is 34.3 Å². The number of hydrogen-bond donors (Lipinski definition) is 2. The van der Waals surface area contributed by atoms with Gasteiger partial charge in [-0.1, -0.05) is 11.8 Å². The molecule has 7 nitrogen and oxygen atoms in total. The maximum Gasteiger partial charge on any atom is 0.355 e. The fourth-order valence-electron chi connectivity index (χ4n) is 1.87. The average Bonchev–Trinajstić information content (AvgIpc) is 2.56. The molecular formula is C15H15F2N3O4S. The van der Waals surface area contributed by atoms with Gasteiger partial charge in [0.15, 0.2) is 6.10 Å². The molecule has 1 aromatic rings. The topological polar surface area (TPSA) is 96.9 Å². The van der Waals surface area contributed by atoms with Crippen LogP contribution in [0.4, 0.5) is 14.5 Å². The number of amides is 2. The van der Waals surface area contributed by atoms with E-state index in [0.29, 0.717) is 22.3 Å². The number of hydrogen-bond acceptors (Lipinski definition) is 6. The highest BCUT2D eigenvalue weighted by Gasteiger charge is 2.24. The molecule has 0 saturated heterocycles. The third-order valence-electron chi connectivity index (χ3n) is 3.14. The third-order valence-corrected chi connectivity index (χ3v) is 3.86. The molecular weight excluding hydrogens is 356 g/mol. The predicted molar refractivity (Wildman–Crippen MR) is 87.3 cm³/mol. The smallest absolute Gasteiger partial charge is 0.355 e. The van der Waals surface area contributed by atoms with Gasteiger partial charge in [-0.25, -0.2) is 10.2 Å². The van der Waals surface area contributed by atoms with Crippen LogP contribution in [0.5, 0.6) is 0 Å². The van der Waals surface area contributed by atoms with E-state index in [-0.39, 0.29) is 24.5 Å². The number of alkyl halides is 2. The zero-order chi connectivity index (χ0) is 18.4. The Morgan fingerprint density at radius 1 is 1.28 bits per heavy atom. The van der Waals surface area contributed by atoms with E-state index < -0.39 is 23.7 Å². The van der Waals surface area contributed by atoms with Gasteiger partial charge >= 0.3 is 5.97 Å². The van der Waals surface area contributed by atoms with Gasteiger partial charge in [-0.05, 0) is 31.2 Å². The van der Waals surface area contributed by atoms with Gasteiger partial charge in [-0.3, -0.25) is 9.59 Å². The van der Waals surface area contributed by atoms with Crippen LogP contribution in [-0.4, -0.2) is 35.4 Å². The molecule has 1 aliphatic rings. The first-order valence-electron chi connectivity index (χ1n) is 7.27. The fourth-order valence-corrected chi connectivity index (χ4v) is 2.37. The zero-order valence-electron chi connectivity index (χ0n) is 13.1. The highest BCUT2D eigenvalue weighted by molar-refractivity contribution is 7.99. The number of carbonyl (C=O) groups is 3. The Labute approximate surface area is 146 Å². The Balaban J connectivity index is 1.87. The molecule has 10 heteroatoms. The van der Waals surface area contributed by atoms with Crippen LogP contribution in [0.2, 0.25) is 0 Å². The lowest BCUT2D eigenvalue weighted by molar-refractivity contribution is -0.146. The number of rotatable bonds is 6. The van der Waals surface area contributed by atoms with Crippen molar-refractivity contribution in [3.63, 3.8) is 0 Å². The quantitative estimate of drug-likeness (QED) is 0.590. The largest absolute Gasteiger partial charge is 0.448 e. The number of halogens is 2. The number of nitrogens with zero attached hydrogens (tertiary/aromatic N) is 1. The Morgan fingerprint density at radius 3 is 2.52 bits per heavy atom. The van der Waals surface area contributed by atoms with Crippen LogP contribution >= 0.6 is 11.8 Å². The van der Waals surface area contributed by atoms with Crippen LogP contribution in [0.25, 0.3) is 0 Å². The first-order valence-corrected chi connectivity index (χ1v) is 8.15. The second-order valence-electron chi connectivity index (χ2n) is 5.03. The highest BCUT2D eigenvalue weighted by Crippen LogP contribution is 2.26. The van der Waals surface area contributed by atoms with E-state index in [1.807, 2.05) is 0 Å². The van der Waals surface area contributed by atoms with Crippen molar-refractivity contribution in [3.8, 4) is 0 Å². The number of benzene rings is 1. The van der Waals surface area contributed by atoms with E-state index in [1.165, 1.54) is 31.2 Å². The molecule has 0 fully saturated rings. The number of anilines is 1. The first kappa shape index (κ1) is 18.8. The van der Waals surface area contributed by atoms with Crippen LogP contribution in [0, 0.1) is 0 Å². The summed E-state index contributed by atoms with van der Waals surface area (Å²) in [5, 5.41) is 6.10. The van der Waals surface area contributed by atoms with Gasteiger partial charge in [0, 0.05) is 23.4 Å². The normalized spacial score (nSPS) is 15.2. The average molecular weight is 371 g/mol. The summed E-state index contributed by atoms with van der Waals surface area (Å²) in [6, 6.07) is 5.83. The molecule has 0 radical (unpaired) electrons. The van der Waals surface area contributed by atoms with E-state index >= 15 is 0 Å². The Hall–Kier alpha value is -2.49. The molecule has 2 N–H and O–H groups in total. The molecule has 1 aliphatic heterocycles. The second-order valence-corrected chi connectivity index (χ2v) is 6.10. The van der Waals surface area contributed by atoms with Crippen molar-refractivity contribution >= 4 is 40.9 Å². The van der Waals surface area contributed by atoms with Crippen LogP contribution < -0.4 is 10.7 Å². The van der Waals surface area contributed by atoms with Crippen LogP contribution in [0.1, 0.15) is 19.8 Å². The molecule has 1 heterocycles. The van der Waals surface area contributed by atoms with Crippen molar-refractivity contribution in [2.45, 2.75) is 36.5 Å². The summed E-state index contributed by atoms with van der Waals surface area (Å²) in [7, 11) is 0. The van der Waals surface area contributed by atoms with E-state index in [4.69, 9.17) is 4.74 Å². The molecule has 0 saturated carbocycles. The molecule has 0 spiro atoms. The molecule has 1 aromatic carbocycles. The maximum atomic E-state index is 12.2. The van der Waals surface area contributed by atoms with Crippen molar-refractivity contribution in [1.29, 1.82) is 0 Å². The van der Waals surface area contributed by atoms with Crippen molar-refractivity contribution in [2.75, 3.05) is 5.32 Å². The monoisotopic (exact) mass is 371 g/mol. The Morgan fingerprint density at radius 2 is 1.96 bits per heavy atom. The van der Waals surface area contributed by atoms with Gasteiger partial charge in [0.25, 0.3) is 11.7 Å². The van der Waals surface area contributed by atoms with E-state index in [2.05, 4.69) is 15.8 Å². The SMILES string of the molecule is C[C@@H](OC(=O)C1=NNC(=O)CC1)C(=O)Nc1ccc(SC(F)F)cc1. The van der Waals surface area contributed by atoms with Crippen molar-refractivity contribution in [1.82, 2.24) is 5.43 Å². The summed E-state index contributed by atoms with van der Waals surface area (Å²) >= 11 is 0.398. The molecule has 0 aliphatic carbocycles. The van der Waals surface area contributed by atoms with E-state index in [1.54, 1.807) is 0 Å². The van der Waals surface area contributed by atoms with Crippen molar-refractivity contribution in [3.05, 3.63) is 24.3 Å². The van der Waals surface area contributed by atoms with E-state index in [0.717, 1.165) is 0 Å². The van der Waals surface area contributed by atoms with Gasteiger partial charge < -0.3 is 10.1 Å². The molecule has 0 bridgehead atoms. The standard InChI is InChI=1S/C15H15F2N3O4S/c1-8(24-14(23)11-6-7-12(21)20-19-11)13(22)18-9-2-4-10(5-3-9)25-15(16)17/h2-5,8,15H,6-7H2,1H3,(H,18,22)(H,20,21)/t8-/m1/s1. The Bertz CT molecular complexity index is 695. The number of thioether (sulfide) groups is 1. The van der Waals surface area contributed by atoms with Gasteiger partial charge in [-0.15, -0.1) is 0 Å². The molecule has 0 aromatic heterocycles. The van der Waals surface area contributed by atoms with E-state index in [9.17, 15) is 23.2 Å². The molecule has 2 rings (SSSR count). The second kappa shape index (κ2) is 8.56. The van der Waals surface area contributed by atoms with Crippen molar-refractivity contribution in [2.24, 2.45) is 5.10 Å². The van der Waals surface area contributed by atoms with Crippen LogP contribution in [-0.2, 0) is 19.1 Å². The van der Waals surface area contributed by atoms with Crippen LogP contribution in [0.3, 0.4) is 0 Å². The lowest BCUT2D eigenvalue weighted by Crippen LogP contribution is -2.35. The lowest BCUT2D eigenvalue weighted by Gasteiger charge is -2.16. The number of nitrogens with one attached hydrogen (secondary N) is 2. The number of esters is 1. The molecule has 1 atom stereocenters. The fraction of sp³-hybridized carbons (Fsp3) is 0.333. The minimum absolute atomic E-state index is 0.0348. The van der Waals surface area contributed by atoms with Gasteiger partial charge in [-0.2, -0.15) is 13.9 Å². The third kappa shape index (κ3) is 5.82.